The van der Waals surface area contributed by atoms with Crippen LogP contribution in [0.25, 0.3) is 0 Å². The van der Waals surface area contributed by atoms with Crippen LogP contribution in [0.2, 0.25) is 0 Å². The van der Waals surface area contributed by atoms with Crippen molar-refractivity contribution in [2.24, 2.45) is 0 Å². The molecule has 3 amide bonds. The molecule has 2 unspecified atom stereocenters. The molecule has 0 bridgehead atoms. The van der Waals surface area contributed by atoms with Gasteiger partial charge in [0.2, 0.25) is 17.7 Å². The van der Waals surface area contributed by atoms with Gasteiger partial charge in [-0.2, -0.15) is 0 Å². The smallest absolute Gasteiger partial charge is 0.249 e. The van der Waals surface area contributed by atoms with E-state index in [2.05, 4.69) is 16.0 Å². The highest BCUT2D eigenvalue weighted by molar-refractivity contribution is 6.10. The van der Waals surface area contributed by atoms with Gasteiger partial charge in [-0.15, -0.1) is 0 Å². The predicted octanol–water partition coefficient (Wildman–Crippen LogP) is 0.909. The fourth-order valence-corrected chi connectivity index (χ4v) is 6.34. The molecule has 35 heavy (non-hydrogen) atoms. The lowest BCUT2D eigenvalue weighted by Crippen LogP contribution is -2.63. The number of para-hydroxylation sites is 1. The number of alkyl halides is 1. The van der Waals surface area contributed by atoms with Crippen LogP contribution in [0.1, 0.15) is 44.1 Å². The Morgan fingerprint density at radius 3 is 2.71 bits per heavy atom. The third-order valence-corrected chi connectivity index (χ3v) is 8.21. The average molecular weight is 489 g/mol. The molecule has 4 atom stereocenters. The number of nitrogens with zero attached hydrogens (tertiary/aromatic N) is 1. The Bertz CT molecular complexity index is 994. The number of methoxy groups -OCH3 is 1. The molecule has 1 aromatic rings. The van der Waals surface area contributed by atoms with Crippen LogP contribution in [-0.2, 0) is 29.3 Å². The largest absolute Gasteiger partial charge is 0.383 e. The van der Waals surface area contributed by atoms with Gasteiger partial charge in [0.25, 0.3) is 0 Å². The molecule has 3 heterocycles. The lowest BCUT2D eigenvalue weighted by Gasteiger charge is -2.49. The Hall–Kier alpha value is -2.56. The van der Waals surface area contributed by atoms with Crippen LogP contribution >= 0.6 is 0 Å². The van der Waals surface area contributed by atoms with Crippen LogP contribution in [0.3, 0.4) is 0 Å². The van der Waals surface area contributed by atoms with E-state index in [1.165, 1.54) is 4.90 Å². The first kappa shape index (κ1) is 24.1. The summed E-state index contributed by atoms with van der Waals surface area (Å²) in [5.74, 6) is -0.616. The van der Waals surface area contributed by atoms with Crippen molar-refractivity contribution >= 4 is 23.4 Å². The quantitative estimate of drug-likeness (QED) is 0.389. The Morgan fingerprint density at radius 1 is 1.26 bits per heavy atom. The maximum Gasteiger partial charge on any atom is 0.249 e. The van der Waals surface area contributed by atoms with Gasteiger partial charge in [0.1, 0.15) is 6.10 Å². The molecule has 3 fully saturated rings. The molecule has 3 aliphatic heterocycles. The molecule has 1 aromatic carbocycles. The minimum atomic E-state index is -0.940. The fourth-order valence-electron chi connectivity index (χ4n) is 6.34. The van der Waals surface area contributed by atoms with Crippen LogP contribution in [0, 0.1) is 0 Å². The van der Waals surface area contributed by atoms with E-state index in [1.54, 1.807) is 13.2 Å². The highest BCUT2D eigenvalue weighted by Crippen LogP contribution is 2.60. The number of hydrogen-bond donors (Lipinski definition) is 3. The molecule has 10 heteroatoms. The lowest BCUT2D eigenvalue weighted by molar-refractivity contribution is -0.137. The first-order valence-corrected chi connectivity index (χ1v) is 12.4. The van der Waals surface area contributed by atoms with Crippen molar-refractivity contribution in [1.29, 1.82) is 0 Å². The molecule has 0 aromatic heterocycles. The first-order valence-electron chi connectivity index (χ1n) is 12.4. The van der Waals surface area contributed by atoms with Crippen molar-refractivity contribution in [1.82, 2.24) is 16.0 Å². The number of fused-ring (bicyclic) bond motifs is 3. The van der Waals surface area contributed by atoms with Crippen LogP contribution in [0.15, 0.2) is 24.3 Å². The second-order valence-corrected chi connectivity index (χ2v) is 10.0. The zero-order valence-corrected chi connectivity index (χ0v) is 20.0. The monoisotopic (exact) mass is 488 g/mol. The maximum absolute atomic E-state index is 13.9. The molecule has 1 aliphatic carbocycles. The third kappa shape index (κ3) is 3.82. The minimum Gasteiger partial charge on any atom is -0.383 e. The Kier molecular flexibility index (Phi) is 6.54. The van der Waals surface area contributed by atoms with Crippen LogP contribution in [-0.4, -0.2) is 75.1 Å². The molecule has 3 N–H and O–H groups in total. The Labute approximate surface area is 204 Å². The number of carbonyl (C=O) groups is 3. The highest BCUT2D eigenvalue weighted by atomic mass is 19.1. The molecule has 4 aliphatic rings. The second kappa shape index (κ2) is 9.48. The Morgan fingerprint density at radius 2 is 2.06 bits per heavy atom. The average Bonchev–Trinajstić information content (AvgIpc) is 3.34. The van der Waals surface area contributed by atoms with E-state index in [0.717, 1.165) is 24.8 Å². The molecule has 1 saturated carbocycles. The van der Waals surface area contributed by atoms with E-state index in [1.807, 2.05) is 18.2 Å². The van der Waals surface area contributed by atoms with E-state index in [0.29, 0.717) is 38.1 Å². The highest BCUT2D eigenvalue weighted by Gasteiger charge is 2.70. The number of amides is 3. The van der Waals surface area contributed by atoms with Gasteiger partial charge >= 0.3 is 0 Å². The van der Waals surface area contributed by atoms with Crippen LogP contribution in [0.4, 0.5) is 10.1 Å². The van der Waals surface area contributed by atoms with Crippen molar-refractivity contribution < 1.29 is 28.2 Å². The SMILES string of the molecule is COCCNC(=O)[C@@H]1CC[C@@H](NC(=O)C2CC3(C(=O)N(CF)c4ccccc43)C3(CCC3)N2)CO1. The standard InChI is InChI=1S/C25H33FN4O5/c1-34-12-11-27-22(32)20-8-7-16(14-35-20)28-21(31)18-13-25(24(29-18)9-4-10-24)17-5-2-3-6-19(17)30(15-26)23(25)33/h2-3,5-6,16,18,20,29H,4,7-15H2,1H3,(H,27,32)(H,28,31)/t16-,18?,20+,25?/m1/s1. The summed E-state index contributed by atoms with van der Waals surface area (Å²) in [5, 5.41) is 9.33. The number of halogens is 1. The summed E-state index contributed by atoms with van der Waals surface area (Å²) >= 11 is 0. The van der Waals surface area contributed by atoms with E-state index in [9.17, 15) is 18.8 Å². The van der Waals surface area contributed by atoms with Crippen molar-refractivity contribution in [3.8, 4) is 0 Å². The van der Waals surface area contributed by atoms with Crippen molar-refractivity contribution in [2.45, 2.75) is 67.7 Å². The number of benzene rings is 1. The summed E-state index contributed by atoms with van der Waals surface area (Å²) in [7, 11) is 1.57. The van der Waals surface area contributed by atoms with Crippen LogP contribution < -0.4 is 20.9 Å². The van der Waals surface area contributed by atoms with Gasteiger partial charge in [-0.25, -0.2) is 4.39 Å². The topological polar surface area (TPSA) is 109 Å². The van der Waals surface area contributed by atoms with Gasteiger partial charge in [-0.3, -0.25) is 24.6 Å². The summed E-state index contributed by atoms with van der Waals surface area (Å²) in [5.41, 5.74) is -0.0663. The van der Waals surface area contributed by atoms with E-state index < -0.39 is 29.9 Å². The molecule has 0 radical (unpaired) electrons. The number of carbonyl (C=O) groups excluding carboxylic acids is 3. The van der Waals surface area contributed by atoms with Gasteiger partial charge in [0, 0.05) is 19.2 Å². The third-order valence-electron chi connectivity index (χ3n) is 8.21. The number of rotatable bonds is 7. The van der Waals surface area contributed by atoms with E-state index in [4.69, 9.17) is 9.47 Å². The van der Waals surface area contributed by atoms with Gasteiger partial charge in [-0.1, -0.05) is 18.2 Å². The van der Waals surface area contributed by atoms with Gasteiger partial charge < -0.3 is 20.1 Å². The van der Waals surface area contributed by atoms with Gasteiger partial charge in [0.05, 0.1) is 36.4 Å². The molecule has 190 valence electrons. The summed E-state index contributed by atoms with van der Waals surface area (Å²) in [6.45, 7) is 0.219. The number of anilines is 1. The summed E-state index contributed by atoms with van der Waals surface area (Å²) in [4.78, 5) is 40.4. The number of ether oxygens (including phenoxy) is 2. The zero-order valence-electron chi connectivity index (χ0n) is 20.0. The zero-order chi connectivity index (χ0) is 24.6. The number of hydrogen-bond acceptors (Lipinski definition) is 6. The van der Waals surface area contributed by atoms with Crippen molar-refractivity contribution in [3.63, 3.8) is 0 Å². The molecular weight excluding hydrogens is 455 g/mol. The summed E-state index contributed by atoms with van der Waals surface area (Å²) in [6.07, 6.45) is 3.38. The molecule has 5 rings (SSSR count). The Balaban J connectivity index is 1.25. The maximum atomic E-state index is 13.9. The van der Waals surface area contributed by atoms with Crippen molar-refractivity contribution in [2.75, 3.05) is 38.6 Å². The van der Waals surface area contributed by atoms with Crippen molar-refractivity contribution in [3.05, 3.63) is 29.8 Å². The molecular formula is C25H33FN4O5. The van der Waals surface area contributed by atoms with E-state index >= 15 is 0 Å². The van der Waals surface area contributed by atoms with Crippen LogP contribution in [0.5, 0.6) is 0 Å². The fraction of sp³-hybridized carbons (Fsp3) is 0.640. The number of nitrogens with one attached hydrogen (secondary N) is 3. The summed E-state index contributed by atoms with van der Waals surface area (Å²) in [6, 6.07) is 6.58. The minimum absolute atomic E-state index is 0.172. The van der Waals surface area contributed by atoms with E-state index in [-0.39, 0.29) is 30.4 Å². The normalized spacial score (nSPS) is 30.9. The second-order valence-electron chi connectivity index (χ2n) is 10.0. The molecule has 9 nitrogen and oxygen atoms in total. The lowest BCUT2D eigenvalue weighted by atomic mass is 9.57. The van der Waals surface area contributed by atoms with Gasteiger partial charge in [-0.05, 0) is 50.2 Å². The predicted molar refractivity (Wildman–Crippen MR) is 125 cm³/mol. The molecule has 2 spiro atoms. The first-order chi connectivity index (χ1) is 17.0. The van der Waals surface area contributed by atoms with Gasteiger partial charge in [0.15, 0.2) is 6.80 Å². The summed E-state index contributed by atoms with van der Waals surface area (Å²) < 4.78 is 24.6. The molecule has 2 saturated heterocycles.